The van der Waals surface area contributed by atoms with Gasteiger partial charge in [0.2, 0.25) is 0 Å². The molecule has 0 aromatic heterocycles. The highest BCUT2D eigenvalue weighted by Crippen LogP contribution is 2.29. The van der Waals surface area contributed by atoms with Crippen LogP contribution >= 0.6 is 15.9 Å². The van der Waals surface area contributed by atoms with Crippen LogP contribution in [0, 0.1) is 5.82 Å². The molecule has 5 heteroatoms. The quantitative estimate of drug-likeness (QED) is 0.770. The fourth-order valence-electron chi connectivity index (χ4n) is 1.10. The SMILES string of the molecule is CC(=O)C(Br)c1ccc(C(F)F)cc1F. The van der Waals surface area contributed by atoms with Gasteiger partial charge >= 0.3 is 0 Å². The number of rotatable bonds is 3. The summed E-state index contributed by atoms with van der Waals surface area (Å²) in [5, 5.41) is 0. The Balaban J connectivity index is 3.08. The van der Waals surface area contributed by atoms with Gasteiger partial charge in [0.15, 0.2) is 0 Å². The van der Waals surface area contributed by atoms with E-state index >= 15 is 0 Å². The molecule has 0 heterocycles. The van der Waals surface area contributed by atoms with Gasteiger partial charge in [0, 0.05) is 11.1 Å². The number of ketones is 1. The molecule has 1 unspecified atom stereocenters. The molecule has 0 radical (unpaired) electrons. The summed E-state index contributed by atoms with van der Waals surface area (Å²) in [6, 6.07) is 3.05. The predicted molar refractivity (Wildman–Crippen MR) is 53.7 cm³/mol. The van der Waals surface area contributed by atoms with E-state index in [-0.39, 0.29) is 16.9 Å². The van der Waals surface area contributed by atoms with E-state index in [9.17, 15) is 18.0 Å². The van der Waals surface area contributed by atoms with Crippen LogP contribution in [0.1, 0.15) is 29.3 Å². The van der Waals surface area contributed by atoms with Crippen molar-refractivity contribution in [3.05, 3.63) is 35.1 Å². The first-order chi connectivity index (χ1) is 6.93. The maximum absolute atomic E-state index is 13.3. The Hall–Kier alpha value is -0.840. The normalized spacial score (nSPS) is 12.9. The van der Waals surface area contributed by atoms with Gasteiger partial charge in [0.25, 0.3) is 6.43 Å². The largest absolute Gasteiger partial charge is 0.298 e. The van der Waals surface area contributed by atoms with Crippen LogP contribution in [-0.4, -0.2) is 5.78 Å². The van der Waals surface area contributed by atoms with E-state index in [1.54, 1.807) is 0 Å². The lowest BCUT2D eigenvalue weighted by atomic mass is 10.1. The van der Waals surface area contributed by atoms with Crippen molar-refractivity contribution in [1.29, 1.82) is 0 Å². The van der Waals surface area contributed by atoms with Gasteiger partial charge in [0.05, 0.1) is 0 Å². The van der Waals surface area contributed by atoms with Crippen molar-refractivity contribution in [3.8, 4) is 0 Å². The first-order valence-corrected chi connectivity index (χ1v) is 5.07. The van der Waals surface area contributed by atoms with Gasteiger partial charge < -0.3 is 0 Å². The number of carbonyl (C=O) groups is 1. The number of hydrogen-bond acceptors (Lipinski definition) is 1. The third-order valence-electron chi connectivity index (χ3n) is 1.91. The number of carbonyl (C=O) groups excluding carboxylic acids is 1. The van der Waals surface area contributed by atoms with Crippen molar-refractivity contribution in [2.24, 2.45) is 0 Å². The number of halogens is 4. The maximum atomic E-state index is 13.3. The molecule has 0 aliphatic heterocycles. The molecule has 0 amide bonds. The van der Waals surface area contributed by atoms with E-state index in [2.05, 4.69) is 15.9 Å². The second-order valence-corrected chi connectivity index (χ2v) is 3.97. The molecular formula is C10H8BrF3O. The number of hydrogen-bond donors (Lipinski definition) is 0. The minimum Gasteiger partial charge on any atom is -0.298 e. The van der Waals surface area contributed by atoms with Crippen molar-refractivity contribution >= 4 is 21.7 Å². The van der Waals surface area contributed by atoms with E-state index in [0.717, 1.165) is 12.1 Å². The van der Waals surface area contributed by atoms with Gasteiger partial charge in [-0.3, -0.25) is 4.79 Å². The fraction of sp³-hybridized carbons (Fsp3) is 0.300. The van der Waals surface area contributed by atoms with E-state index in [0.29, 0.717) is 0 Å². The zero-order chi connectivity index (χ0) is 11.6. The molecule has 1 aromatic carbocycles. The lowest BCUT2D eigenvalue weighted by molar-refractivity contribution is -0.116. The summed E-state index contributed by atoms with van der Waals surface area (Å²) in [6.07, 6.45) is -2.71. The fourth-order valence-corrected chi connectivity index (χ4v) is 1.47. The zero-order valence-electron chi connectivity index (χ0n) is 7.81. The van der Waals surface area contributed by atoms with Crippen LogP contribution in [0.3, 0.4) is 0 Å². The van der Waals surface area contributed by atoms with Crippen molar-refractivity contribution in [3.63, 3.8) is 0 Å². The third-order valence-corrected chi connectivity index (χ3v) is 3.04. The van der Waals surface area contributed by atoms with Gasteiger partial charge in [-0.2, -0.15) is 0 Å². The topological polar surface area (TPSA) is 17.1 Å². The molecule has 15 heavy (non-hydrogen) atoms. The first-order valence-electron chi connectivity index (χ1n) is 4.15. The molecule has 1 aromatic rings. The highest BCUT2D eigenvalue weighted by Gasteiger charge is 2.18. The molecule has 0 aliphatic carbocycles. The van der Waals surface area contributed by atoms with E-state index in [1.165, 1.54) is 13.0 Å². The molecule has 1 rings (SSSR count). The third kappa shape index (κ3) is 2.81. The molecule has 0 saturated heterocycles. The van der Waals surface area contributed by atoms with Gasteiger partial charge in [0.1, 0.15) is 16.4 Å². The summed E-state index contributed by atoms with van der Waals surface area (Å²) < 4.78 is 37.7. The van der Waals surface area contributed by atoms with Gasteiger partial charge in [-0.1, -0.05) is 28.1 Å². The Morgan fingerprint density at radius 3 is 2.40 bits per heavy atom. The highest BCUT2D eigenvalue weighted by atomic mass is 79.9. The molecule has 1 nitrogen and oxygen atoms in total. The second-order valence-electron chi connectivity index (χ2n) is 3.05. The Morgan fingerprint density at radius 1 is 1.40 bits per heavy atom. The smallest absolute Gasteiger partial charge is 0.263 e. The Bertz CT molecular complexity index is 379. The maximum Gasteiger partial charge on any atom is 0.263 e. The standard InChI is InChI=1S/C10H8BrF3O/c1-5(15)9(11)7-3-2-6(10(13)14)4-8(7)12/h2-4,9-10H,1H3. The summed E-state index contributed by atoms with van der Waals surface area (Å²) in [5.74, 6) is -1.08. The molecule has 82 valence electrons. The first kappa shape index (κ1) is 12.2. The van der Waals surface area contributed by atoms with Crippen molar-refractivity contribution in [2.45, 2.75) is 18.2 Å². The lowest BCUT2D eigenvalue weighted by Gasteiger charge is -2.09. The average Bonchev–Trinajstić information content (AvgIpc) is 2.16. The summed E-state index contributed by atoms with van der Waals surface area (Å²) in [4.78, 5) is 10.2. The number of benzene rings is 1. The van der Waals surface area contributed by atoms with Crippen LogP contribution in [0.5, 0.6) is 0 Å². The summed E-state index contributed by atoms with van der Waals surface area (Å²) in [6.45, 7) is 1.29. The average molecular weight is 281 g/mol. The van der Waals surface area contributed by atoms with Gasteiger partial charge in [-0.25, -0.2) is 13.2 Å². The second kappa shape index (κ2) is 4.79. The molecule has 0 N–H and O–H groups in total. The Morgan fingerprint density at radius 2 is 2.00 bits per heavy atom. The van der Waals surface area contributed by atoms with Crippen LogP contribution < -0.4 is 0 Å². The van der Waals surface area contributed by atoms with E-state index in [4.69, 9.17) is 0 Å². The van der Waals surface area contributed by atoms with Crippen LogP contribution in [0.15, 0.2) is 18.2 Å². The van der Waals surface area contributed by atoms with E-state index in [1.807, 2.05) is 0 Å². The molecule has 1 atom stereocenters. The van der Waals surface area contributed by atoms with Crippen molar-refractivity contribution in [2.75, 3.05) is 0 Å². The number of Topliss-reactive ketones (excluding diaryl/α,β-unsaturated/α-hetero) is 1. The van der Waals surface area contributed by atoms with Crippen LogP contribution in [-0.2, 0) is 4.79 Å². The lowest BCUT2D eigenvalue weighted by Crippen LogP contribution is -2.04. The zero-order valence-corrected chi connectivity index (χ0v) is 9.39. The molecule has 0 aliphatic rings. The molecule has 0 fully saturated rings. The summed E-state index contributed by atoms with van der Waals surface area (Å²) in [7, 11) is 0. The van der Waals surface area contributed by atoms with Crippen LogP contribution in [0.25, 0.3) is 0 Å². The highest BCUT2D eigenvalue weighted by molar-refractivity contribution is 9.09. The number of alkyl halides is 3. The van der Waals surface area contributed by atoms with Crippen LogP contribution in [0.2, 0.25) is 0 Å². The van der Waals surface area contributed by atoms with Gasteiger partial charge in [-0.05, 0) is 13.0 Å². The summed E-state index contributed by atoms with van der Waals surface area (Å²) in [5.41, 5.74) is -0.314. The minimum atomic E-state index is -2.71. The van der Waals surface area contributed by atoms with E-state index < -0.39 is 17.1 Å². The molecule has 0 spiro atoms. The van der Waals surface area contributed by atoms with Crippen molar-refractivity contribution < 1.29 is 18.0 Å². The van der Waals surface area contributed by atoms with Crippen molar-refractivity contribution in [1.82, 2.24) is 0 Å². The predicted octanol–water partition coefficient (Wildman–Crippen LogP) is 3.79. The summed E-state index contributed by atoms with van der Waals surface area (Å²) >= 11 is 2.99. The minimum absolute atomic E-state index is 0.0758. The Labute approximate surface area is 93.4 Å². The molecular weight excluding hydrogens is 273 g/mol. The Kier molecular flexibility index (Phi) is 3.90. The monoisotopic (exact) mass is 280 g/mol. The van der Waals surface area contributed by atoms with Gasteiger partial charge in [-0.15, -0.1) is 0 Å². The molecule has 0 bridgehead atoms. The van der Waals surface area contributed by atoms with Crippen LogP contribution in [0.4, 0.5) is 13.2 Å². The molecule has 0 saturated carbocycles.